The van der Waals surface area contributed by atoms with Crippen molar-refractivity contribution in [2.75, 3.05) is 11.9 Å². The number of phenolic OH excluding ortho intramolecular Hbond substituents is 1. The van der Waals surface area contributed by atoms with Gasteiger partial charge in [0.2, 0.25) is 0 Å². The number of aromatic hydroxyl groups is 1. The Hall–Kier alpha value is -5.46. The summed E-state index contributed by atoms with van der Waals surface area (Å²) in [6, 6.07) is 23.7. The molecular formula is C31H23ClN6O3. The fourth-order valence-corrected chi connectivity index (χ4v) is 4.51. The number of hydrogen-bond acceptors (Lipinski definition) is 6. The number of aromatic nitrogens is 3. The number of para-hydroxylation sites is 1. The maximum atomic E-state index is 13.1. The first kappa shape index (κ1) is 27.1. The normalized spacial score (nSPS) is 10.5. The smallest absolute Gasteiger partial charge is 0.258 e. The van der Waals surface area contributed by atoms with Gasteiger partial charge in [-0.3, -0.25) is 9.59 Å². The highest BCUT2D eigenvalue weighted by Gasteiger charge is 2.20. The Balaban J connectivity index is 1.54. The minimum atomic E-state index is -0.551. The van der Waals surface area contributed by atoms with Crippen molar-refractivity contribution in [2.45, 2.75) is 6.42 Å². The van der Waals surface area contributed by atoms with E-state index >= 15 is 0 Å². The van der Waals surface area contributed by atoms with Gasteiger partial charge in [-0.15, -0.1) is 0 Å². The number of carbonyl (C=O) groups is 2. The molecule has 0 spiro atoms. The topological polar surface area (TPSA) is 144 Å². The summed E-state index contributed by atoms with van der Waals surface area (Å²) in [6.45, 7) is 0.402. The molecule has 0 radical (unpaired) electrons. The van der Waals surface area contributed by atoms with E-state index in [0.29, 0.717) is 40.9 Å². The van der Waals surface area contributed by atoms with Crippen LogP contribution in [0.3, 0.4) is 0 Å². The van der Waals surface area contributed by atoms with Gasteiger partial charge in [-0.2, -0.15) is 5.26 Å². The number of hydrogen-bond donors (Lipinski definition) is 4. The summed E-state index contributed by atoms with van der Waals surface area (Å²) >= 11 is 6.22. The first-order valence-electron chi connectivity index (χ1n) is 12.6. The van der Waals surface area contributed by atoms with Crippen LogP contribution in [0.15, 0.2) is 91.4 Å². The van der Waals surface area contributed by atoms with Crippen molar-refractivity contribution in [2.24, 2.45) is 0 Å². The number of nitrogens with zero attached hydrogens (tertiary/aromatic N) is 3. The van der Waals surface area contributed by atoms with Gasteiger partial charge in [0.25, 0.3) is 11.8 Å². The van der Waals surface area contributed by atoms with Gasteiger partial charge < -0.3 is 20.7 Å². The van der Waals surface area contributed by atoms with Crippen molar-refractivity contribution in [1.82, 2.24) is 20.3 Å². The van der Waals surface area contributed by atoms with Crippen molar-refractivity contribution < 1.29 is 14.7 Å². The number of halogens is 1. The number of rotatable bonds is 8. The molecule has 2 aromatic heterocycles. The zero-order chi connectivity index (χ0) is 28.8. The lowest BCUT2D eigenvalue weighted by molar-refractivity contribution is 0.0953. The van der Waals surface area contributed by atoms with Crippen molar-refractivity contribution in [3.63, 3.8) is 0 Å². The Morgan fingerprint density at radius 3 is 2.54 bits per heavy atom. The van der Waals surface area contributed by atoms with Gasteiger partial charge in [0.1, 0.15) is 17.4 Å². The molecule has 0 aliphatic carbocycles. The first-order valence-corrected chi connectivity index (χ1v) is 13.0. The zero-order valence-corrected chi connectivity index (χ0v) is 22.3. The standard InChI is InChI=1S/C31H23ClN6O3/c32-26-10-3-1-8-22(26)31(41)38-29-25(16-33)24(15-27(37-29)23-9-2-4-11-28(23)39)19-6-5-7-20(14-19)30(40)35-13-12-21-17-34-18-36-21/h1-11,14-15,17-18,39H,12-13H2,(H,34,36)(H,35,40)(H,37,38,41). The van der Waals surface area contributed by atoms with E-state index in [-0.39, 0.29) is 33.6 Å². The molecule has 0 aliphatic heterocycles. The average molecular weight is 563 g/mol. The molecular weight excluding hydrogens is 540 g/mol. The third kappa shape index (κ3) is 6.08. The predicted molar refractivity (Wildman–Crippen MR) is 156 cm³/mol. The minimum absolute atomic E-state index is 0.0115. The van der Waals surface area contributed by atoms with Crippen molar-refractivity contribution in [3.05, 3.63) is 119 Å². The average Bonchev–Trinajstić information content (AvgIpc) is 3.51. The van der Waals surface area contributed by atoms with Crippen LogP contribution >= 0.6 is 11.6 Å². The number of nitrogens with one attached hydrogen (secondary N) is 3. The van der Waals surface area contributed by atoms with Gasteiger partial charge in [0.05, 0.1) is 22.6 Å². The number of nitriles is 1. The van der Waals surface area contributed by atoms with Crippen LogP contribution in [0.2, 0.25) is 5.02 Å². The molecule has 41 heavy (non-hydrogen) atoms. The van der Waals surface area contributed by atoms with E-state index in [4.69, 9.17) is 11.6 Å². The van der Waals surface area contributed by atoms with Gasteiger partial charge >= 0.3 is 0 Å². The molecule has 4 N–H and O–H groups in total. The molecule has 2 heterocycles. The van der Waals surface area contributed by atoms with E-state index in [2.05, 4.69) is 31.7 Å². The van der Waals surface area contributed by atoms with Crippen LogP contribution in [0.1, 0.15) is 32.0 Å². The van der Waals surface area contributed by atoms with Gasteiger partial charge in [-0.05, 0) is 48.0 Å². The number of anilines is 1. The third-order valence-corrected chi connectivity index (χ3v) is 6.66. The molecule has 0 unspecified atom stereocenters. The molecule has 3 aromatic carbocycles. The molecule has 2 amide bonds. The zero-order valence-electron chi connectivity index (χ0n) is 21.6. The Bertz CT molecular complexity index is 1780. The summed E-state index contributed by atoms with van der Waals surface area (Å²) in [7, 11) is 0. The van der Waals surface area contributed by atoms with Crippen molar-refractivity contribution in [1.29, 1.82) is 5.26 Å². The summed E-state index contributed by atoms with van der Waals surface area (Å²) < 4.78 is 0. The SMILES string of the molecule is N#Cc1c(-c2cccc(C(=O)NCCc3cnc[nH]3)c2)cc(-c2ccccc2O)nc1NC(=O)c1ccccc1Cl. The van der Waals surface area contributed by atoms with Crippen molar-refractivity contribution >= 4 is 29.2 Å². The highest BCUT2D eigenvalue weighted by Crippen LogP contribution is 2.36. The molecule has 10 heteroatoms. The quantitative estimate of drug-likeness (QED) is 0.194. The molecule has 0 aliphatic rings. The van der Waals surface area contributed by atoms with E-state index in [1.165, 1.54) is 6.07 Å². The fourth-order valence-electron chi connectivity index (χ4n) is 4.29. The Morgan fingerprint density at radius 2 is 1.78 bits per heavy atom. The Kier molecular flexibility index (Phi) is 8.04. The number of phenols is 1. The van der Waals surface area contributed by atoms with Gasteiger partial charge in [0.15, 0.2) is 5.82 Å². The minimum Gasteiger partial charge on any atom is -0.507 e. The number of pyridine rings is 1. The van der Waals surface area contributed by atoms with Crippen LogP contribution in [-0.2, 0) is 6.42 Å². The number of H-pyrrole nitrogens is 1. The lowest BCUT2D eigenvalue weighted by atomic mass is 9.96. The fraction of sp³-hybridized carbons (Fsp3) is 0.0645. The maximum absolute atomic E-state index is 13.1. The second kappa shape index (κ2) is 12.2. The maximum Gasteiger partial charge on any atom is 0.258 e. The van der Waals surface area contributed by atoms with Crippen LogP contribution in [0.4, 0.5) is 5.82 Å². The van der Waals surface area contributed by atoms with E-state index in [0.717, 1.165) is 5.69 Å². The highest BCUT2D eigenvalue weighted by molar-refractivity contribution is 6.34. The number of imidazole rings is 1. The number of benzene rings is 3. The molecule has 0 atom stereocenters. The summed E-state index contributed by atoms with van der Waals surface area (Å²) in [5.74, 6) is -0.871. The van der Waals surface area contributed by atoms with Crippen LogP contribution in [0.5, 0.6) is 5.75 Å². The molecule has 202 valence electrons. The van der Waals surface area contributed by atoms with Crippen LogP contribution < -0.4 is 10.6 Å². The lowest BCUT2D eigenvalue weighted by Gasteiger charge is -2.15. The van der Waals surface area contributed by atoms with Crippen LogP contribution in [-0.4, -0.2) is 38.4 Å². The van der Waals surface area contributed by atoms with E-state index < -0.39 is 5.91 Å². The molecule has 0 saturated carbocycles. The molecule has 0 bridgehead atoms. The van der Waals surface area contributed by atoms with E-state index in [1.54, 1.807) is 85.3 Å². The monoisotopic (exact) mass is 562 g/mol. The Morgan fingerprint density at radius 1 is 0.976 bits per heavy atom. The van der Waals surface area contributed by atoms with E-state index in [9.17, 15) is 20.0 Å². The van der Waals surface area contributed by atoms with Crippen molar-refractivity contribution in [3.8, 4) is 34.2 Å². The number of carbonyl (C=O) groups excluding carboxylic acids is 2. The van der Waals surface area contributed by atoms with Crippen LogP contribution in [0, 0.1) is 11.3 Å². The molecule has 5 rings (SSSR count). The number of aromatic amines is 1. The predicted octanol–water partition coefficient (Wildman–Crippen LogP) is 5.59. The lowest BCUT2D eigenvalue weighted by Crippen LogP contribution is -2.25. The summed E-state index contributed by atoms with van der Waals surface area (Å²) in [5, 5.41) is 26.6. The highest BCUT2D eigenvalue weighted by atomic mass is 35.5. The molecule has 9 nitrogen and oxygen atoms in total. The van der Waals surface area contributed by atoms with Crippen LogP contribution in [0.25, 0.3) is 22.4 Å². The third-order valence-electron chi connectivity index (χ3n) is 6.33. The summed E-state index contributed by atoms with van der Waals surface area (Å²) in [6.07, 6.45) is 3.87. The number of amides is 2. The first-order chi connectivity index (χ1) is 19.9. The van der Waals surface area contributed by atoms with Gasteiger partial charge in [-0.25, -0.2) is 9.97 Å². The van der Waals surface area contributed by atoms with Gasteiger partial charge in [0, 0.05) is 41.5 Å². The molecule has 0 fully saturated rings. The molecule has 0 saturated heterocycles. The summed E-state index contributed by atoms with van der Waals surface area (Å²) in [4.78, 5) is 37.6. The largest absolute Gasteiger partial charge is 0.507 e. The Labute approximate surface area is 240 Å². The van der Waals surface area contributed by atoms with Gasteiger partial charge in [-0.1, -0.05) is 48.0 Å². The molecule has 5 aromatic rings. The van der Waals surface area contributed by atoms with E-state index in [1.807, 2.05) is 0 Å². The second-order valence-electron chi connectivity index (χ2n) is 9.01. The second-order valence-corrected chi connectivity index (χ2v) is 9.41. The summed E-state index contributed by atoms with van der Waals surface area (Å²) in [5.41, 5.74) is 3.28.